The third kappa shape index (κ3) is 7.23. The minimum Gasteiger partial charge on any atom is -0.497 e. The van der Waals surface area contributed by atoms with Crippen molar-refractivity contribution in [1.29, 1.82) is 0 Å². The van der Waals surface area contributed by atoms with Gasteiger partial charge in [0, 0.05) is 45.7 Å². The van der Waals surface area contributed by atoms with Gasteiger partial charge in [-0.15, -0.1) is 0 Å². The zero-order valence-corrected chi connectivity index (χ0v) is 23.8. The van der Waals surface area contributed by atoms with Crippen LogP contribution in [0.4, 0.5) is 0 Å². The molecule has 2 fully saturated rings. The summed E-state index contributed by atoms with van der Waals surface area (Å²) in [6, 6.07) is 3.51. The lowest BCUT2D eigenvalue weighted by atomic mass is 9.84. The molecule has 3 rings (SSSR count). The second kappa shape index (κ2) is 13.1. The van der Waals surface area contributed by atoms with Gasteiger partial charge in [-0.05, 0) is 82.1 Å². The molecule has 0 unspecified atom stereocenters. The van der Waals surface area contributed by atoms with Crippen LogP contribution in [0.15, 0.2) is 17.0 Å². The van der Waals surface area contributed by atoms with Gasteiger partial charge >= 0.3 is 0 Å². The number of piperidine rings is 1. The number of likely N-dealkylation sites (tertiary alicyclic amines) is 1. The average molecular weight is 538 g/mol. The van der Waals surface area contributed by atoms with Gasteiger partial charge in [0.05, 0.1) is 18.6 Å². The lowest BCUT2D eigenvalue weighted by Crippen LogP contribution is -2.45. The van der Waals surface area contributed by atoms with Crippen molar-refractivity contribution < 1.29 is 27.5 Å². The molecule has 1 aromatic rings. The Morgan fingerprint density at radius 2 is 1.59 bits per heavy atom. The zero-order chi connectivity index (χ0) is 27.2. The molecule has 1 aliphatic carbocycles. The number of ether oxygens (including phenoxy) is 2. The van der Waals surface area contributed by atoms with E-state index in [1.807, 2.05) is 4.90 Å². The molecule has 1 saturated heterocycles. The smallest absolute Gasteiger partial charge is 0.248 e. The normalized spacial score (nSPS) is 20.6. The number of carbonyl (C=O) groups is 2. The Bertz CT molecular complexity index is 1020. The highest BCUT2D eigenvalue weighted by Gasteiger charge is 2.32. The minimum absolute atomic E-state index is 0.0737. The van der Waals surface area contributed by atoms with E-state index in [1.54, 1.807) is 45.0 Å². The van der Waals surface area contributed by atoms with Crippen LogP contribution in [0.3, 0.4) is 0 Å². The Labute approximate surface area is 222 Å². The van der Waals surface area contributed by atoms with Crippen LogP contribution in [-0.4, -0.2) is 94.4 Å². The Kier molecular flexibility index (Phi) is 10.4. The van der Waals surface area contributed by atoms with Crippen LogP contribution in [0, 0.1) is 19.8 Å². The van der Waals surface area contributed by atoms with Crippen molar-refractivity contribution in [1.82, 2.24) is 14.1 Å². The third-order valence-corrected chi connectivity index (χ3v) is 9.93. The van der Waals surface area contributed by atoms with Gasteiger partial charge < -0.3 is 19.3 Å². The van der Waals surface area contributed by atoms with Gasteiger partial charge in [0.1, 0.15) is 12.4 Å². The predicted octanol–water partition coefficient (Wildman–Crippen LogP) is 2.98. The maximum Gasteiger partial charge on any atom is 0.248 e. The van der Waals surface area contributed by atoms with Crippen molar-refractivity contribution in [3.63, 3.8) is 0 Å². The highest BCUT2D eigenvalue weighted by atomic mass is 32.2. The molecule has 0 N–H and O–H groups in total. The summed E-state index contributed by atoms with van der Waals surface area (Å²) in [6.07, 6.45) is 6.65. The Morgan fingerprint density at radius 3 is 2.16 bits per heavy atom. The molecule has 2 aliphatic rings. The van der Waals surface area contributed by atoms with Crippen LogP contribution in [0.25, 0.3) is 0 Å². The maximum atomic E-state index is 13.1. The molecule has 1 aliphatic heterocycles. The van der Waals surface area contributed by atoms with E-state index in [2.05, 4.69) is 0 Å². The van der Waals surface area contributed by atoms with Crippen LogP contribution in [0.2, 0.25) is 0 Å². The zero-order valence-electron chi connectivity index (χ0n) is 23.0. The standard InChI is InChI=1S/C27H43N3O6S/c1-20-17-24(35-5)18-21(2)26(20)37(33,34)28(3)15-16-36-19-25(31)29(4)23-11-9-22(10-12-23)27(32)30-13-7-6-8-14-30/h17-18,22-23H,6-16,19H2,1-5H3/t22-,23+. The van der Waals surface area contributed by atoms with Crippen molar-refractivity contribution >= 4 is 21.8 Å². The number of rotatable bonds is 10. The maximum absolute atomic E-state index is 13.1. The molecule has 208 valence electrons. The largest absolute Gasteiger partial charge is 0.497 e. The molecule has 10 heteroatoms. The van der Waals surface area contributed by atoms with Crippen molar-refractivity contribution in [2.75, 3.05) is 54.1 Å². The van der Waals surface area contributed by atoms with Gasteiger partial charge in [-0.3, -0.25) is 9.59 Å². The molecule has 0 radical (unpaired) electrons. The number of hydrogen-bond acceptors (Lipinski definition) is 6. The molecule has 1 saturated carbocycles. The number of benzene rings is 1. The number of sulfonamides is 1. The molecule has 0 bridgehead atoms. The van der Waals surface area contributed by atoms with Crippen LogP contribution in [0.1, 0.15) is 56.1 Å². The number of methoxy groups -OCH3 is 1. The molecule has 1 heterocycles. The number of nitrogens with zero attached hydrogens (tertiary/aromatic N) is 3. The van der Waals surface area contributed by atoms with Crippen molar-refractivity contribution in [2.24, 2.45) is 5.92 Å². The van der Waals surface area contributed by atoms with E-state index in [9.17, 15) is 18.0 Å². The molecular weight excluding hydrogens is 494 g/mol. The minimum atomic E-state index is -3.71. The summed E-state index contributed by atoms with van der Waals surface area (Å²) < 4.78 is 38.3. The summed E-state index contributed by atoms with van der Waals surface area (Å²) in [5, 5.41) is 0. The van der Waals surface area contributed by atoms with Gasteiger partial charge in [-0.25, -0.2) is 8.42 Å². The van der Waals surface area contributed by atoms with Crippen LogP contribution in [-0.2, 0) is 24.3 Å². The summed E-state index contributed by atoms with van der Waals surface area (Å²) in [6.45, 7) is 5.40. The van der Waals surface area contributed by atoms with Crippen LogP contribution in [0.5, 0.6) is 5.75 Å². The number of carbonyl (C=O) groups excluding carboxylic acids is 2. The first-order valence-corrected chi connectivity index (χ1v) is 14.7. The van der Waals surface area contributed by atoms with E-state index in [0.717, 1.165) is 51.6 Å². The van der Waals surface area contributed by atoms with Gasteiger partial charge in [-0.2, -0.15) is 4.31 Å². The Hall–Kier alpha value is -2.17. The predicted molar refractivity (Wildman–Crippen MR) is 142 cm³/mol. The van der Waals surface area contributed by atoms with E-state index in [-0.39, 0.29) is 48.4 Å². The van der Waals surface area contributed by atoms with E-state index >= 15 is 0 Å². The van der Waals surface area contributed by atoms with Crippen molar-refractivity contribution in [2.45, 2.75) is 69.7 Å². The van der Waals surface area contributed by atoms with Gasteiger partial charge in [0.25, 0.3) is 0 Å². The molecule has 0 atom stereocenters. The Morgan fingerprint density at radius 1 is 1.00 bits per heavy atom. The fourth-order valence-electron chi connectivity index (χ4n) is 5.45. The lowest BCUT2D eigenvalue weighted by Gasteiger charge is -2.37. The van der Waals surface area contributed by atoms with E-state index < -0.39 is 10.0 Å². The summed E-state index contributed by atoms with van der Waals surface area (Å²) in [5.41, 5.74) is 1.24. The number of likely N-dealkylation sites (N-methyl/N-ethyl adjacent to an activating group) is 2. The summed E-state index contributed by atoms with van der Waals surface area (Å²) in [4.78, 5) is 29.5. The van der Waals surface area contributed by atoms with E-state index in [0.29, 0.717) is 16.9 Å². The second-order valence-electron chi connectivity index (χ2n) is 10.4. The van der Waals surface area contributed by atoms with Crippen LogP contribution >= 0.6 is 0 Å². The first-order chi connectivity index (χ1) is 17.6. The molecule has 37 heavy (non-hydrogen) atoms. The fourth-order valence-corrected chi connectivity index (χ4v) is 7.01. The van der Waals surface area contributed by atoms with Crippen LogP contribution < -0.4 is 4.74 Å². The van der Waals surface area contributed by atoms with Gasteiger partial charge in [0.15, 0.2) is 0 Å². The highest BCUT2D eigenvalue weighted by Crippen LogP contribution is 2.30. The Balaban J connectivity index is 1.42. The number of aryl methyl sites for hydroxylation is 2. The topological polar surface area (TPSA) is 96.5 Å². The van der Waals surface area contributed by atoms with Crippen molar-refractivity contribution in [3.8, 4) is 5.75 Å². The first-order valence-electron chi connectivity index (χ1n) is 13.3. The second-order valence-corrected chi connectivity index (χ2v) is 12.3. The van der Waals surface area contributed by atoms with E-state index in [4.69, 9.17) is 9.47 Å². The molecule has 1 aromatic carbocycles. The highest BCUT2D eigenvalue weighted by molar-refractivity contribution is 7.89. The van der Waals surface area contributed by atoms with E-state index in [1.165, 1.54) is 17.8 Å². The summed E-state index contributed by atoms with van der Waals surface area (Å²) >= 11 is 0. The molecular formula is C27H43N3O6S. The molecule has 9 nitrogen and oxygen atoms in total. The van der Waals surface area contributed by atoms with Crippen molar-refractivity contribution in [3.05, 3.63) is 23.3 Å². The SMILES string of the molecule is COc1cc(C)c(S(=O)(=O)N(C)CCOCC(=O)N(C)[C@H]2CC[C@@H](C(=O)N3CCCCC3)CC2)c(C)c1. The van der Waals surface area contributed by atoms with Gasteiger partial charge in [0.2, 0.25) is 21.8 Å². The molecule has 0 aromatic heterocycles. The third-order valence-electron chi connectivity index (χ3n) is 7.77. The average Bonchev–Trinajstić information content (AvgIpc) is 2.89. The molecule has 0 spiro atoms. The summed E-state index contributed by atoms with van der Waals surface area (Å²) in [7, 11) is 1.14. The molecule has 2 amide bonds. The summed E-state index contributed by atoms with van der Waals surface area (Å²) in [5.74, 6) is 0.849. The quantitative estimate of drug-likeness (QED) is 0.426. The number of amides is 2. The monoisotopic (exact) mass is 537 g/mol. The lowest BCUT2D eigenvalue weighted by molar-refractivity contribution is -0.140. The first kappa shape index (κ1) is 29.4. The number of hydrogen-bond donors (Lipinski definition) is 0. The fraction of sp³-hybridized carbons (Fsp3) is 0.704. The van der Waals surface area contributed by atoms with Gasteiger partial charge in [-0.1, -0.05) is 0 Å².